The van der Waals surface area contributed by atoms with Crippen molar-refractivity contribution in [2.24, 2.45) is 4.99 Å². The predicted octanol–water partition coefficient (Wildman–Crippen LogP) is 3.87. The molecule has 8 heteroatoms. The van der Waals surface area contributed by atoms with Crippen LogP contribution in [-0.2, 0) is 25.9 Å². The molecule has 0 fully saturated rings. The summed E-state index contributed by atoms with van der Waals surface area (Å²) >= 11 is 1.79. The van der Waals surface area contributed by atoms with Crippen molar-refractivity contribution in [1.29, 1.82) is 0 Å². The maximum atomic E-state index is 4.68. The standard InChI is InChI=1S/C21H28N6S.HI/c1-3-19-14-24-20(28-19)10-11-23-21(22-4-2)25-12-18-13-26-27(16-18)15-17-8-6-5-7-9-17;/h5-9,13-14,16H,3-4,10-12,15H2,1-2H3,(H2,22,23,25);1H. The lowest BCUT2D eigenvalue weighted by atomic mass is 10.2. The summed E-state index contributed by atoms with van der Waals surface area (Å²) in [6, 6.07) is 10.3. The summed E-state index contributed by atoms with van der Waals surface area (Å²) in [5.74, 6) is 0.825. The van der Waals surface area contributed by atoms with Crippen LogP contribution in [0.3, 0.4) is 0 Å². The average Bonchev–Trinajstić information content (AvgIpc) is 3.36. The Kier molecular flexibility index (Phi) is 10.1. The van der Waals surface area contributed by atoms with E-state index in [1.165, 1.54) is 15.4 Å². The van der Waals surface area contributed by atoms with Crippen LogP contribution in [0.4, 0.5) is 0 Å². The lowest BCUT2D eigenvalue weighted by molar-refractivity contribution is 0.686. The zero-order chi connectivity index (χ0) is 19.6. The molecule has 0 saturated heterocycles. The first-order valence-electron chi connectivity index (χ1n) is 9.77. The fraction of sp³-hybridized carbons (Fsp3) is 0.381. The molecule has 0 aliphatic rings. The van der Waals surface area contributed by atoms with Gasteiger partial charge in [-0.25, -0.2) is 9.98 Å². The van der Waals surface area contributed by atoms with Crippen LogP contribution in [0.1, 0.15) is 34.9 Å². The number of rotatable bonds is 9. The van der Waals surface area contributed by atoms with Gasteiger partial charge in [-0.3, -0.25) is 4.68 Å². The fourth-order valence-electron chi connectivity index (χ4n) is 2.77. The van der Waals surface area contributed by atoms with Crippen LogP contribution in [-0.4, -0.2) is 33.8 Å². The third kappa shape index (κ3) is 7.77. The number of aromatic nitrogens is 3. The number of thiazole rings is 1. The van der Waals surface area contributed by atoms with Crippen molar-refractivity contribution in [3.8, 4) is 0 Å². The molecule has 0 bridgehead atoms. The van der Waals surface area contributed by atoms with Gasteiger partial charge in [-0.05, 0) is 18.9 Å². The summed E-state index contributed by atoms with van der Waals surface area (Å²) in [6.45, 7) is 7.25. The lowest BCUT2D eigenvalue weighted by Gasteiger charge is -2.10. The summed E-state index contributed by atoms with van der Waals surface area (Å²) in [4.78, 5) is 10.5. The lowest BCUT2D eigenvalue weighted by Crippen LogP contribution is -2.38. The third-order valence-electron chi connectivity index (χ3n) is 4.22. The third-order valence-corrected chi connectivity index (χ3v) is 5.42. The molecule has 6 nitrogen and oxygen atoms in total. The van der Waals surface area contributed by atoms with Crippen LogP contribution in [0.5, 0.6) is 0 Å². The molecule has 1 aromatic carbocycles. The molecule has 0 radical (unpaired) electrons. The molecule has 0 amide bonds. The summed E-state index contributed by atoms with van der Waals surface area (Å²) in [7, 11) is 0. The maximum absolute atomic E-state index is 4.68. The highest BCUT2D eigenvalue weighted by Gasteiger charge is 2.03. The van der Waals surface area contributed by atoms with Crippen molar-refractivity contribution in [3.05, 3.63) is 69.9 Å². The van der Waals surface area contributed by atoms with E-state index in [0.717, 1.165) is 44.0 Å². The first kappa shape index (κ1) is 23.3. The van der Waals surface area contributed by atoms with Crippen molar-refractivity contribution in [1.82, 2.24) is 25.4 Å². The quantitative estimate of drug-likeness (QED) is 0.254. The number of halogens is 1. The van der Waals surface area contributed by atoms with Gasteiger partial charge in [0.25, 0.3) is 0 Å². The van der Waals surface area contributed by atoms with Gasteiger partial charge >= 0.3 is 0 Å². The van der Waals surface area contributed by atoms with E-state index in [0.29, 0.717) is 6.54 Å². The minimum Gasteiger partial charge on any atom is -0.357 e. The highest BCUT2D eigenvalue weighted by Crippen LogP contribution is 2.13. The van der Waals surface area contributed by atoms with E-state index in [4.69, 9.17) is 0 Å². The molecule has 2 heterocycles. The normalized spacial score (nSPS) is 11.2. The second-order valence-corrected chi connectivity index (χ2v) is 7.68. The fourth-order valence-corrected chi connectivity index (χ4v) is 3.63. The van der Waals surface area contributed by atoms with E-state index in [1.807, 2.05) is 35.3 Å². The zero-order valence-corrected chi connectivity index (χ0v) is 20.1. The number of aryl methyl sites for hydroxylation is 1. The average molecular weight is 524 g/mol. The summed E-state index contributed by atoms with van der Waals surface area (Å²) < 4.78 is 1.95. The van der Waals surface area contributed by atoms with Gasteiger partial charge in [-0.1, -0.05) is 37.3 Å². The Morgan fingerprint density at radius 2 is 1.93 bits per heavy atom. The second kappa shape index (κ2) is 12.6. The van der Waals surface area contributed by atoms with Crippen molar-refractivity contribution in [2.75, 3.05) is 13.1 Å². The Hall–Kier alpha value is -1.94. The van der Waals surface area contributed by atoms with Crippen LogP contribution in [0.15, 0.2) is 53.9 Å². The number of benzene rings is 1. The zero-order valence-electron chi connectivity index (χ0n) is 17.0. The van der Waals surface area contributed by atoms with Crippen molar-refractivity contribution < 1.29 is 0 Å². The van der Waals surface area contributed by atoms with Gasteiger partial charge in [-0.2, -0.15) is 5.10 Å². The Bertz CT molecular complexity index is 874. The molecule has 0 aliphatic heterocycles. The molecular formula is C21H29IN6S. The second-order valence-electron chi connectivity index (χ2n) is 6.48. The molecule has 0 aliphatic carbocycles. The van der Waals surface area contributed by atoms with Crippen LogP contribution in [0, 0.1) is 0 Å². The van der Waals surface area contributed by atoms with Gasteiger partial charge in [0, 0.05) is 42.3 Å². The van der Waals surface area contributed by atoms with E-state index < -0.39 is 0 Å². The van der Waals surface area contributed by atoms with E-state index in [9.17, 15) is 0 Å². The number of aliphatic imine (C=N–C) groups is 1. The maximum Gasteiger partial charge on any atom is 0.191 e. The molecule has 3 aromatic rings. The molecule has 0 unspecified atom stereocenters. The summed E-state index contributed by atoms with van der Waals surface area (Å²) in [5.41, 5.74) is 2.34. The topological polar surface area (TPSA) is 67.1 Å². The van der Waals surface area contributed by atoms with Crippen molar-refractivity contribution in [2.45, 2.75) is 39.8 Å². The number of hydrogen-bond donors (Lipinski definition) is 2. The largest absolute Gasteiger partial charge is 0.357 e. The molecule has 3 rings (SSSR count). The van der Waals surface area contributed by atoms with Gasteiger partial charge < -0.3 is 10.6 Å². The Balaban J connectivity index is 0.00000300. The van der Waals surface area contributed by atoms with Crippen LogP contribution >= 0.6 is 35.3 Å². The van der Waals surface area contributed by atoms with Crippen molar-refractivity contribution in [3.63, 3.8) is 0 Å². The highest BCUT2D eigenvalue weighted by atomic mass is 127. The number of nitrogens with zero attached hydrogens (tertiary/aromatic N) is 4. The van der Waals surface area contributed by atoms with E-state index >= 15 is 0 Å². The summed E-state index contributed by atoms with van der Waals surface area (Å²) in [6.07, 6.45) is 7.88. The van der Waals surface area contributed by atoms with Crippen molar-refractivity contribution >= 4 is 41.3 Å². The monoisotopic (exact) mass is 524 g/mol. The van der Waals surface area contributed by atoms with Gasteiger partial charge in [0.05, 0.1) is 24.3 Å². The first-order chi connectivity index (χ1) is 13.8. The first-order valence-corrected chi connectivity index (χ1v) is 10.6. The van der Waals surface area contributed by atoms with Crippen LogP contribution < -0.4 is 10.6 Å². The highest BCUT2D eigenvalue weighted by molar-refractivity contribution is 14.0. The Morgan fingerprint density at radius 1 is 1.10 bits per heavy atom. The molecule has 0 atom stereocenters. The minimum atomic E-state index is 0. The predicted molar refractivity (Wildman–Crippen MR) is 131 cm³/mol. The molecule has 2 N–H and O–H groups in total. The van der Waals surface area contributed by atoms with E-state index in [-0.39, 0.29) is 24.0 Å². The summed E-state index contributed by atoms with van der Waals surface area (Å²) in [5, 5.41) is 12.3. The number of nitrogens with one attached hydrogen (secondary N) is 2. The smallest absolute Gasteiger partial charge is 0.191 e. The van der Waals surface area contributed by atoms with Gasteiger partial charge in [-0.15, -0.1) is 35.3 Å². The molecule has 2 aromatic heterocycles. The van der Waals surface area contributed by atoms with E-state index in [1.54, 1.807) is 11.3 Å². The van der Waals surface area contributed by atoms with Gasteiger partial charge in [0.15, 0.2) is 5.96 Å². The SMILES string of the molecule is CCNC(=NCc1cnn(Cc2ccccc2)c1)NCCc1ncc(CC)s1.I. The molecule has 0 spiro atoms. The Morgan fingerprint density at radius 3 is 2.66 bits per heavy atom. The molecule has 156 valence electrons. The van der Waals surface area contributed by atoms with Gasteiger partial charge in [0.1, 0.15) is 0 Å². The number of guanidine groups is 1. The minimum absolute atomic E-state index is 0. The van der Waals surface area contributed by atoms with Crippen LogP contribution in [0.2, 0.25) is 0 Å². The van der Waals surface area contributed by atoms with Gasteiger partial charge in [0.2, 0.25) is 0 Å². The van der Waals surface area contributed by atoms with Crippen LogP contribution in [0.25, 0.3) is 0 Å². The molecule has 0 saturated carbocycles. The Labute approximate surface area is 193 Å². The number of hydrogen-bond acceptors (Lipinski definition) is 4. The van der Waals surface area contributed by atoms with E-state index in [2.05, 4.69) is 57.9 Å². The molecular weight excluding hydrogens is 495 g/mol. The molecule has 29 heavy (non-hydrogen) atoms.